The molecule has 3 rings (SSSR count). The number of hydrogen-bond acceptors (Lipinski definition) is 2. The molecule has 2 fully saturated rings. The van der Waals surface area contributed by atoms with Gasteiger partial charge in [0.1, 0.15) is 5.82 Å². The molecule has 2 aliphatic rings. The third-order valence-electron chi connectivity index (χ3n) is 4.34. The lowest BCUT2D eigenvalue weighted by atomic mass is 10.1. The van der Waals surface area contributed by atoms with Crippen molar-refractivity contribution in [2.45, 2.75) is 51.7 Å². The predicted molar refractivity (Wildman–Crippen MR) is 79.9 cm³/mol. The van der Waals surface area contributed by atoms with E-state index in [0.717, 1.165) is 37.7 Å². The van der Waals surface area contributed by atoms with Gasteiger partial charge in [0.25, 0.3) is 0 Å². The lowest BCUT2D eigenvalue weighted by Gasteiger charge is -2.21. The first-order valence-corrected chi connectivity index (χ1v) is 7.97. The Balaban J connectivity index is 1.61. The number of halogens is 1. The van der Waals surface area contributed by atoms with E-state index in [1.54, 1.807) is 6.07 Å². The molecule has 0 spiro atoms. The summed E-state index contributed by atoms with van der Waals surface area (Å²) in [5.74, 6) is 0.798. The molecule has 20 heavy (non-hydrogen) atoms. The lowest BCUT2D eigenvalue weighted by Crippen LogP contribution is -2.26. The third kappa shape index (κ3) is 4.03. The second-order valence-electron chi connectivity index (χ2n) is 6.35. The number of benzene rings is 1. The fourth-order valence-electron chi connectivity index (χ4n) is 2.62. The molecular formula is C17H25FN2. The highest BCUT2D eigenvalue weighted by molar-refractivity contribution is 5.25. The molecule has 0 heterocycles. The Morgan fingerprint density at radius 2 is 2.05 bits per heavy atom. The maximum absolute atomic E-state index is 14.0. The van der Waals surface area contributed by atoms with Crippen molar-refractivity contribution in [2.24, 2.45) is 5.92 Å². The van der Waals surface area contributed by atoms with Crippen molar-refractivity contribution in [3.05, 3.63) is 35.1 Å². The average Bonchev–Trinajstić information content (AvgIpc) is 3.33. The van der Waals surface area contributed by atoms with Crippen LogP contribution in [0, 0.1) is 11.7 Å². The van der Waals surface area contributed by atoms with Gasteiger partial charge in [-0.25, -0.2) is 4.39 Å². The zero-order chi connectivity index (χ0) is 13.9. The van der Waals surface area contributed by atoms with E-state index in [4.69, 9.17) is 0 Å². The van der Waals surface area contributed by atoms with Gasteiger partial charge in [0.2, 0.25) is 0 Å². The molecule has 0 radical (unpaired) electrons. The molecule has 2 aliphatic carbocycles. The van der Waals surface area contributed by atoms with Crippen LogP contribution >= 0.6 is 0 Å². The summed E-state index contributed by atoms with van der Waals surface area (Å²) >= 11 is 0. The predicted octanol–water partition coefficient (Wildman–Crippen LogP) is 3.31. The number of nitrogens with one attached hydrogen (secondary N) is 1. The summed E-state index contributed by atoms with van der Waals surface area (Å²) in [7, 11) is 0. The summed E-state index contributed by atoms with van der Waals surface area (Å²) in [5.41, 5.74) is 2.05. The summed E-state index contributed by atoms with van der Waals surface area (Å²) in [6, 6.07) is 6.28. The summed E-state index contributed by atoms with van der Waals surface area (Å²) in [5, 5.41) is 3.49. The zero-order valence-corrected chi connectivity index (χ0v) is 12.4. The van der Waals surface area contributed by atoms with Gasteiger partial charge in [-0.1, -0.05) is 19.1 Å². The van der Waals surface area contributed by atoms with Crippen molar-refractivity contribution in [1.82, 2.24) is 10.2 Å². The van der Waals surface area contributed by atoms with Crippen LogP contribution in [0.25, 0.3) is 0 Å². The molecule has 1 aromatic rings. The molecule has 110 valence electrons. The minimum absolute atomic E-state index is 0.0607. The Labute approximate surface area is 121 Å². The fraction of sp³-hybridized carbons (Fsp3) is 0.647. The van der Waals surface area contributed by atoms with Crippen LogP contribution < -0.4 is 5.32 Å². The molecule has 0 unspecified atom stereocenters. The van der Waals surface area contributed by atoms with Crippen LogP contribution in [0.15, 0.2) is 18.2 Å². The molecule has 3 heteroatoms. The van der Waals surface area contributed by atoms with Crippen molar-refractivity contribution >= 4 is 0 Å². The Bertz CT molecular complexity index is 452. The largest absolute Gasteiger partial charge is 0.310 e. The van der Waals surface area contributed by atoms with Crippen molar-refractivity contribution < 1.29 is 4.39 Å². The molecule has 1 N–H and O–H groups in total. The van der Waals surface area contributed by atoms with Crippen LogP contribution in [0.5, 0.6) is 0 Å². The number of hydrogen-bond donors (Lipinski definition) is 1. The molecule has 0 aromatic heterocycles. The minimum atomic E-state index is -0.0607. The van der Waals surface area contributed by atoms with Gasteiger partial charge < -0.3 is 5.32 Å². The van der Waals surface area contributed by atoms with Crippen LogP contribution in [0.1, 0.15) is 43.7 Å². The highest BCUT2D eigenvalue weighted by Crippen LogP contribution is 2.30. The zero-order valence-electron chi connectivity index (χ0n) is 12.4. The van der Waals surface area contributed by atoms with E-state index in [-0.39, 0.29) is 5.82 Å². The van der Waals surface area contributed by atoms with Gasteiger partial charge in [0.05, 0.1) is 0 Å². The smallest absolute Gasteiger partial charge is 0.127 e. The molecule has 0 amide bonds. The summed E-state index contributed by atoms with van der Waals surface area (Å²) < 4.78 is 14.0. The van der Waals surface area contributed by atoms with Crippen LogP contribution in [-0.4, -0.2) is 24.0 Å². The molecule has 2 nitrogen and oxygen atoms in total. The van der Waals surface area contributed by atoms with Gasteiger partial charge in [-0.05, 0) is 49.8 Å². The standard InChI is InChI=1S/C17H25FN2/c1-2-20(11-13-3-4-13)12-15-9-14(5-8-17(15)18)10-19-16-6-7-16/h5,8-9,13,16,19H,2-4,6-7,10-12H2,1H3. The fourth-order valence-corrected chi connectivity index (χ4v) is 2.62. The molecule has 0 saturated heterocycles. The first-order chi connectivity index (χ1) is 9.74. The topological polar surface area (TPSA) is 15.3 Å². The highest BCUT2D eigenvalue weighted by atomic mass is 19.1. The normalized spacial score (nSPS) is 18.8. The number of nitrogens with zero attached hydrogens (tertiary/aromatic N) is 1. The quantitative estimate of drug-likeness (QED) is 0.783. The maximum atomic E-state index is 14.0. The van der Waals surface area contributed by atoms with Crippen LogP contribution in [0.3, 0.4) is 0 Å². The van der Waals surface area contributed by atoms with Crippen LogP contribution in [0.2, 0.25) is 0 Å². The van der Waals surface area contributed by atoms with Gasteiger partial charge in [-0.3, -0.25) is 4.90 Å². The molecule has 0 atom stereocenters. The Hall–Kier alpha value is -0.930. The molecule has 0 bridgehead atoms. The van der Waals surface area contributed by atoms with Gasteiger partial charge in [-0.15, -0.1) is 0 Å². The summed E-state index contributed by atoms with van der Waals surface area (Å²) in [6.07, 6.45) is 5.28. The van der Waals surface area contributed by atoms with E-state index >= 15 is 0 Å². The van der Waals surface area contributed by atoms with E-state index in [9.17, 15) is 4.39 Å². The second-order valence-corrected chi connectivity index (χ2v) is 6.35. The van der Waals surface area contributed by atoms with Crippen molar-refractivity contribution in [2.75, 3.05) is 13.1 Å². The van der Waals surface area contributed by atoms with Crippen molar-refractivity contribution in [1.29, 1.82) is 0 Å². The first kappa shape index (κ1) is 14.0. The van der Waals surface area contributed by atoms with E-state index in [1.807, 2.05) is 12.1 Å². The molecular weight excluding hydrogens is 251 g/mol. The van der Waals surface area contributed by atoms with Crippen molar-refractivity contribution in [3.8, 4) is 0 Å². The maximum Gasteiger partial charge on any atom is 0.127 e. The van der Waals surface area contributed by atoms with E-state index < -0.39 is 0 Å². The van der Waals surface area contributed by atoms with E-state index in [1.165, 1.54) is 31.2 Å². The second kappa shape index (κ2) is 6.23. The summed E-state index contributed by atoms with van der Waals surface area (Å²) in [4.78, 5) is 2.37. The summed E-state index contributed by atoms with van der Waals surface area (Å²) in [6.45, 7) is 5.91. The van der Waals surface area contributed by atoms with E-state index in [2.05, 4.69) is 17.1 Å². The monoisotopic (exact) mass is 276 g/mol. The van der Waals surface area contributed by atoms with Gasteiger partial charge >= 0.3 is 0 Å². The minimum Gasteiger partial charge on any atom is -0.310 e. The van der Waals surface area contributed by atoms with Crippen LogP contribution in [-0.2, 0) is 13.1 Å². The van der Waals surface area contributed by atoms with Crippen LogP contribution in [0.4, 0.5) is 4.39 Å². The van der Waals surface area contributed by atoms with Gasteiger partial charge in [0, 0.05) is 31.2 Å². The Morgan fingerprint density at radius 3 is 2.70 bits per heavy atom. The Morgan fingerprint density at radius 1 is 1.25 bits per heavy atom. The van der Waals surface area contributed by atoms with E-state index in [0.29, 0.717) is 6.04 Å². The number of rotatable bonds is 8. The van der Waals surface area contributed by atoms with Gasteiger partial charge in [0.15, 0.2) is 0 Å². The van der Waals surface area contributed by atoms with Gasteiger partial charge in [-0.2, -0.15) is 0 Å². The molecule has 0 aliphatic heterocycles. The first-order valence-electron chi connectivity index (χ1n) is 7.97. The molecule has 2 saturated carbocycles. The SMILES string of the molecule is CCN(Cc1cc(CNC2CC2)ccc1F)CC1CC1. The average molecular weight is 276 g/mol. The van der Waals surface area contributed by atoms with Crippen molar-refractivity contribution in [3.63, 3.8) is 0 Å². The Kier molecular flexibility index (Phi) is 4.37. The lowest BCUT2D eigenvalue weighted by molar-refractivity contribution is 0.264. The third-order valence-corrected chi connectivity index (χ3v) is 4.34. The highest BCUT2D eigenvalue weighted by Gasteiger charge is 2.24. The molecule has 1 aromatic carbocycles.